The molecule has 1 aromatic heterocycles. The van der Waals surface area contributed by atoms with E-state index in [-0.39, 0.29) is 31.1 Å². The number of nitrogens with zero attached hydrogens (tertiary/aromatic N) is 1. The maximum Gasteiger partial charge on any atom is 0.326 e. The van der Waals surface area contributed by atoms with Gasteiger partial charge in [0.15, 0.2) is 0 Å². The van der Waals surface area contributed by atoms with Crippen LogP contribution < -0.4 is 5.32 Å². The minimum absolute atomic E-state index is 0.0587. The van der Waals surface area contributed by atoms with Crippen LogP contribution in [0.1, 0.15) is 12.0 Å². The van der Waals surface area contributed by atoms with Crippen molar-refractivity contribution in [2.45, 2.75) is 18.9 Å². The summed E-state index contributed by atoms with van der Waals surface area (Å²) < 4.78 is 13.2. The minimum atomic E-state index is -1.16. The second kappa shape index (κ2) is 6.54. The summed E-state index contributed by atoms with van der Waals surface area (Å²) in [7, 11) is 1.61. The van der Waals surface area contributed by atoms with Crippen molar-refractivity contribution in [3.63, 3.8) is 0 Å². The molecule has 0 aliphatic carbocycles. The number of carbonyl (C=O) groups is 3. The molecule has 8 heteroatoms. The Kier molecular flexibility index (Phi) is 4.43. The summed E-state index contributed by atoms with van der Waals surface area (Å²) in [6.45, 7) is 0.281. The van der Waals surface area contributed by atoms with Gasteiger partial charge in [-0.1, -0.05) is 0 Å². The molecule has 2 atom stereocenters. The van der Waals surface area contributed by atoms with Crippen molar-refractivity contribution >= 4 is 28.7 Å². The van der Waals surface area contributed by atoms with Gasteiger partial charge in [-0.25, -0.2) is 9.18 Å². The van der Waals surface area contributed by atoms with Crippen molar-refractivity contribution in [3.05, 3.63) is 35.8 Å². The first-order chi connectivity index (χ1) is 11.8. The SMILES string of the molecule is CN1C[C@@H](C(=O)N[C@H](Cc2c[nH]c3cc(F)ccc23)C(=O)O)CC1=O. The van der Waals surface area contributed by atoms with Crippen LogP contribution in [0, 0.1) is 11.7 Å². The number of H-pyrrole nitrogens is 1. The van der Waals surface area contributed by atoms with Gasteiger partial charge in [0.25, 0.3) is 0 Å². The molecule has 0 unspecified atom stereocenters. The van der Waals surface area contributed by atoms with E-state index in [1.54, 1.807) is 19.3 Å². The van der Waals surface area contributed by atoms with Gasteiger partial charge in [-0.3, -0.25) is 9.59 Å². The van der Waals surface area contributed by atoms with E-state index >= 15 is 0 Å². The zero-order valence-corrected chi connectivity index (χ0v) is 13.6. The van der Waals surface area contributed by atoms with Crippen molar-refractivity contribution in [1.82, 2.24) is 15.2 Å². The normalized spacial score (nSPS) is 18.6. The Morgan fingerprint density at radius 2 is 2.24 bits per heavy atom. The number of carbonyl (C=O) groups excluding carboxylic acids is 2. The Bertz CT molecular complexity index is 848. The quantitative estimate of drug-likeness (QED) is 0.748. The maximum atomic E-state index is 13.2. The number of aromatic nitrogens is 1. The van der Waals surface area contributed by atoms with Gasteiger partial charge < -0.3 is 20.3 Å². The summed E-state index contributed by atoms with van der Waals surface area (Å²) in [6.07, 6.45) is 1.75. The molecule has 3 N–H and O–H groups in total. The zero-order valence-electron chi connectivity index (χ0n) is 13.6. The molecule has 1 aliphatic heterocycles. The van der Waals surface area contributed by atoms with Gasteiger partial charge in [0.1, 0.15) is 11.9 Å². The van der Waals surface area contributed by atoms with E-state index in [0.717, 1.165) is 0 Å². The lowest BCUT2D eigenvalue weighted by atomic mass is 10.0. The fraction of sp³-hybridized carbons (Fsp3) is 0.353. The molecule has 132 valence electrons. The van der Waals surface area contributed by atoms with Crippen LogP contribution in [0.15, 0.2) is 24.4 Å². The highest BCUT2D eigenvalue weighted by molar-refractivity contribution is 5.91. The summed E-state index contributed by atoms with van der Waals surface area (Å²) in [4.78, 5) is 39.7. The number of hydrogen-bond acceptors (Lipinski definition) is 3. The van der Waals surface area contributed by atoms with Gasteiger partial charge in [-0.05, 0) is 23.8 Å². The van der Waals surface area contributed by atoms with Gasteiger partial charge >= 0.3 is 5.97 Å². The summed E-state index contributed by atoms with van der Waals surface area (Å²) >= 11 is 0. The van der Waals surface area contributed by atoms with Crippen molar-refractivity contribution in [2.24, 2.45) is 5.92 Å². The van der Waals surface area contributed by atoms with Crippen molar-refractivity contribution in [3.8, 4) is 0 Å². The number of likely N-dealkylation sites (tertiary alicyclic amines) is 1. The smallest absolute Gasteiger partial charge is 0.326 e. The average molecular weight is 347 g/mol. The number of halogens is 1. The van der Waals surface area contributed by atoms with Crippen LogP contribution in [-0.2, 0) is 20.8 Å². The van der Waals surface area contributed by atoms with Crippen LogP contribution in [-0.4, -0.2) is 52.4 Å². The monoisotopic (exact) mass is 347 g/mol. The second-order valence-corrected chi connectivity index (χ2v) is 6.28. The van der Waals surface area contributed by atoms with E-state index in [1.165, 1.54) is 17.0 Å². The van der Waals surface area contributed by atoms with E-state index in [2.05, 4.69) is 10.3 Å². The standard InChI is InChI=1S/C17H18FN3O4/c1-21-8-10(5-15(21)22)16(23)20-14(17(24)25)4-9-7-19-13-6-11(18)2-3-12(9)13/h2-3,6-7,10,14,19H,4-5,8H2,1H3,(H,20,23)(H,24,25)/t10-,14+/m0/s1. The number of benzene rings is 1. The highest BCUT2D eigenvalue weighted by Gasteiger charge is 2.34. The van der Waals surface area contributed by atoms with E-state index in [4.69, 9.17) is 0 Å². The number of carboxylic acids is 1. The number of nitrogens with one attached hydrogen (secondary N) is 2. The number of aliphatic carboxylic acids is 1. The predicted molar refractivity (Wildman–Crippen MR) is 87.3 cm³/mol. The fourth-order valence-corrected chi connectivity index (χ4v) is 3.08. The van der Waals surface area contributed by atoms with Crippen molar-refractivity contribution in [2.75, 3.05) is 13.6 Å². The van der Waals surface area contributed by atoms with Gasteiger partial charge in [-0.2, -0.15) is 0 Å². The lowest BCUT2D eigenvalue weighted by molar-refractivity contribution is -0.142. The Balaban J connectivity index is 1.74. The first-order valence-corrected chi connectivity index (χ1v) is 7.88. The Morgan fingerprint density at radius 3 is 2.88 bits per heavy atom. The first-order valence-electron chi connectivity index (χ1n) is 7.88. The van der Waals surface area contributed by atoms with Gasteiger partial charge in [0.05, 0.1) is 5.92 Å². The third-order valence-electron chi connectivity index (χ3n) is 4.48. The number of carboxylic acid groups (broad SMARTS) is 1. The Morgan fingerprint density at radius 1 is 1.48 bits per heavy atom. The Hall–Kier alpha value is -2.90. The molecule has 1 fully saturated rings. The van der Waals surface area contributed by atoms with E-state index < -0.39 is 23.8 Å². The second-order valence-electron chi connectivity index (χ2n) is 6.28. The third-order valence-corrected chi connectivity index (χ3v) is 4.48. The highest BCUT2D eigenvalue weighted by Crippen LogP contribution is 2.21. The lowest BCUT2D eigenvalue weighted by Crippen LogP contribution is -2.45. The average Bonchev–Trinajstić information content (AvgIpc) is 3.10. The largest absolute Gasteiger partial charge is 0.480 e. The van der Waals surface area contributed by atoms with E-state index in [0.29, 0.717) is 16.5 Å². The van der Waals surface area contributed by atoms with E-state index in [9.17, 15) is 23.9 Å². The molecule has 7 nitrogen and oxygen atoms in total. The van der Waals surface area contributed by atoms with Crippen LogP contribution in [0.25, 0.3) is 10.9 Å². The number of rotatable bonds is 5. The minimum Gasteiger partial charge on any atom is -0.480 e. The number of amides is 2. The summed E-state index contributed by atoms with van der Waals surface area (Å²) in [5, 5.41) is 12.6. The van der Waals surface area contributed by atoms with Crippen molar-refractivity contribution in [1.29, 1.82) is 0 Å². The molecule has 1 saturated heterocycles. The molecule has 0 spiro atoms. The molecule has 0 bridgehead atoms. The molecular formula is C17H18FN3O4. The summed E-state index contributed by atoms with van der Waals surface area (Å²) in [5.74, 6) is -2.68. The maximum absolute atomic E-state index is 13.2. The summed E-state index contributed by atoms with van der Waals surface area (Å²) in [6, 6.07) is 3.07. The molecule has 2 aromatic rings. The molecule has 0 saturated carbocycles. The van der Waals surface area contributed by atoms with Crippen LogP contribution in [0.5, 0.6) is 0 Å². The van der Waals surface area contributed by atoms with Gasteiger partial charge in [0, 0.05) is 43.5 Å². The predicted octanol–water partition coefficient (Wildman–Crippen LogP) is 0.897. The van der Waals surface area contributed by atoms with Crippen LogP contribution >= 0.6 is 0 Å². The van der Waals surface area contributed by atoms with Gasteiger partial charge in [0.2, 0.25) is 11.8 Å². The third kappa shape index (κ3) is 3.47. The topological polar surface area (TPSA) is 102 Å². The fourth-order valence-electron chi connectivity index (χ4n) is 3.08. The zero-order chi connectivity index (χ0) is 18.1. The number of fused-ring (bicyclic) bond motifs is 1. The van der Waals surface area contributed by atoms with Crippen LogP contribution in [0.2, 0.25) is 0 Å². The Labute approximate surface area is 142 Å². The molecule has 3 rings (SSSR count). The molecule has 2 amide bonds. The molecular weight excluding hydrogens is 329 g/mol. The van der Waals surface area contributed by atoms with E-state index in [1.807, 2.05) is 0 Å². The number of hydrogen-bond donors (Lipinski definition) is 3. The van der Waals surface area contributed by atoms with Gasteiger partial charge in [-0.15, -0.1) is 0 Å². The lowest BCUT2D eigenvalue weighted by Gasteiger charge is -2.17. The summed E-state index contributed by atoms with van der Waals surface area (Å²) in [5.41, 5.74) is 1.23. The van der Waals surface area contributed by atoms with Crippen molar-refractivity contribution < 1.29 is 23.9 Å². The molecule has 0 radical (unpaired) electrons. The first kappa shape index (κ1) is 16.9. The molecule has 2 heterocycles. The van der Waals surface area contributed by atoms with Crippen LogP contribution in [0.3, 0.4) is 0 Å². The van der Waals surface area contributed by atoms with Crippen LogP contribution in [0.4, 0.5) is 4.39 Å². The highest BCUT2D eigenvalue weighted by atomic mass is 19.1. The molecule has 1 aromatic carbocycles. The number of aromatic amines is 1. The molecule has 1 aliphatic rings. The molecule has 25 heavy (non-hydrogen) atoms.